The molecule has 12 nitrogen and oxygen atoms in total. The second-order valence-corrected chi connectivity index (χ2v) is 11.9. The van der Waals surface area contributed by atoms with Gasteiger partial charge in [0, 0.05) is 28.9 Å². The molecule has 6 rings (SSSR count). The Bertz CT molecular complexity index is 1610. The number of carbonyl (C=O) groups is 1. The Balaban J connectivity index is 0.000000181. The number of Topliss-reactive ketones (excluding diaryl/α,β-unsaturated/α-hetero) is 1. The van der Waals surface area contributed by atoms with Crippen LogP contribution in [0.5, 0.6) is 23.0 Å². The molecule has 0 saturated heterocycles. The molecule has 46 heavy (non-hydrogen) atoms. The van der Waals surface area contributed by atoms with Crippen LogP contribution in [0.15, 0.2) is 60.9 Å². The molecule has 0 radical (unpaired) electrons. The minimum Gasteiger partial charge on any atom is -0.452 e. The zero-order chi connectivity index (χ0) is 32.5. The summed E-state index contributed by atoms with van der Waals surface area (Å²) in [6.45, 7) is 0. The van der Waals surface area contributed by atoms with E-state index in [0.717, 1.165) is 38.5 Å². The Morgan fingerprint density at radius 3 is 1.78 bits per heavy atom. The molecule has 0 aliphatic heterocycles. The molecule has 0 amide bonds. The summed E-state index contributed by atoms with van der Waals surface area (Å²) in [5.41, 5.74) is 11.4. The molecule has 2 aromatic carbocycles. The van der Waals surface area contributed by atoms with Gasteiger partial charge in [0.05, 0.1) is 24.5 Å². The largest absolute Gasteiger partial charge is 0.452 e. The van der Waals surface area contributed by atoms with Crippen molar-refractivity contribution in [2.45, 2.75) is 69.6 Å². The average Bonchev–Trinajstić information content (AvgIpc) is 3.03. The summed E-state index contributed by atoms with van der Waals surface area (Å²) < 4.78 is 11.6. The number of rotatable bonds is 8. The third kappa shape index (κ3) is 9.56. The highest BCUT2D eigenvalue weighted by Crippen LogP contribution is 2.32. The fraction of sp³-hybridized carbons (Fsp3) is 0.344. The van der Waals surface area contributed by atoms with E-state index in [9.17, 15) is 9.90 Å². The fourth-order valence-corrected chi connectivity index (χ4v) is 5.43. The maximum absolute atomic E-state index is 11.6. The molecule has 4 aromatic rings. The molecule has 7 N–H and O–H groups in total. The Morgan fingerprint density at radius 1 is 0.739 bits per heavy atom. The second-order valence-electron chi connectivity index (χ2n) is 11.1. The van der Waals surface area contributed by atoms with Gasteiger partial charge in [0.1, 0.15) is 17.3 Å². The van der Waals surface area contributed by atoms with Crippen LogP contribution in [0.2, 0.25) is 10.0 Å². The molecule has 2 aliphatic carbocycles. The Hall–Kier alpha value is -4.39. The number of benzene rings is 2. The third-order valence-electron chi connectivity index (χ3n) is 7.51. The Morgan fingerprint density at radius 2 is 1.26 bits per heavy atom. The van der Waals surface area contributed by atoms with Crippen LogP contribution in [-0.4, -0.2) is 49.0 Å². The van der Waals surface area contributed by atoms with Crippen LogP contribution >= 0.6 is 23.2 Å². The number of ether oxygens (including phenoxy) is 2. The van der Waals surface area contributed by atoms with Gasteiger partial charge in [0.25, 0.3) is 0 Å². The van der Waals surface area contributed by atoms with E-state index < -0.39 is 6.10 Å². The minimum atomic E-state index is -0.400. The molecule has 14 heteroatoms. The number of carbonyl (C=O) groups excluding carboxylic acids is 1. The summed E-state index contributed by atoms with van der Waals surface area (Å²) >= 11 is 11.7. The van der Waals surface area contributed by atoms with Crippen molar-refractivity contribution in [1.82, 2.24) is 19.9 Å². The van der Waals surface area contributed by atoms with Gasteiger partial charge in [-0.3, -0.25) is 4.79 Å². The smallest absolute Gasteiger partial charge is 0.222 e. The number of hydrogen-bond donors (Lipinski definition) is 5. The molecule has 242 valence electrons. The van der Waals surface area contributed by atoms with Crippen LogP contribution in [0.25, 0.3) is 0 Å². The molecule has 0 spiro atoms. The van der Waals surface area contributed by atoms with Crippen molar-refractivity contribution in [2.75, 3.05) is 22.1 Å². The SMILES string of the molecule is Nc1ncc(Oc2ccc(Cl)cc2)c(NC2CCCC(=O)C2)n1.Nc1ncc(Oc2ccc(Cl)cc2)c(N[C@@H]2CCCC[C@@H]2O)n1. The first-order chi connectivity index (χ1) is 22.2. The van der Waals surface area contributed by atoms with Crippen LogP contribution < -0.4 is 31.6 Å². The lowest BCUT2D eigenvalue weighted by Crippen LogP contribution is -2.36. The maximum atomic E-state index is 11.6. The van der Waals surface area contributed by atoms with Gasteiger partial charge in [-0.15, -0.1) is 0 Å². The monoisotopic (exact) mass is 666 g/mol. The van der Waals surface area contributed by atoms with Crippen molar-refractivity contribution in [3.63, 3.8) is 0 Å². The van der Waals surface area contributed by atoms with Crippen LogP contribution in [0.1, 0.15) is 51.4 Å². The van der Waals surface area contributed by atoms with E-state index in [4.69, 9.17) is 44.1 Å². The number of halogens is 2. The third-order valence-corrected chi connectivity index (χ3v) is 8.01. The summed E-state index contributed by atoms with van der Waals surface area (Å²) in [5, 5.41) is 17.9. The summed E-state index contributed by atoms with van der Waals surface area (Å²) in [4.78, 5) is 28.0. The highest BCUT2D eigenvalue weighted by atomic mass is 35.5. The molecule has 2 fully saturated rings. The molecular formula is C32H36Cl2N8O4. The zero-order valence-corrected chi connectivity index (χ0v) is 26.5. The van der Waals surface area contributed by atoms with Crippen molar-refractivity contribution < 1.29 is 19.4 Å². The number of anilines is 4. The first-order valence-corrected chi connectivity index (χ1v) is 15.8. The van der Waals surface area contributed by atoms with Crippen molar-refractivity contribution in [2.24, 2.45) is 0 Å². The predicted octanol–water partition coefficient (Wildman–Crippen LogP) is 6.65. The number of ketones is 1. The Kier molecular flexibility index (Phi) is 11.3. The van der Waals surface area contributed by atoms with Gasteiger partial charge in [0.15, 0.2) is 23.1 Å². The maximum Gasteiger partial charge on any atom is 0.222 e. The van der Waals surface area contributed by atoms with Crippen LogP contribution in [0, 0.1) is 0 Å². The van der Waals surface area contributed by atoms with Gasteiger partial charge in [0.2, 0.25) is 11.9 Å². The van der Waals surface area contributed by atoms with E-state index >= 15 is 0 Å². The van der Waals surface area contributed by atoms with Crippen molar-refractivity contribution in [1.29, 1.82) is 0 Å². The standard InChI is InChI=1S/C16H17ClN4O2.C16H19ClN4O2/c17-10-4-6-13(7-5-10)23-14-9-19-16(18)21-15(14)20-11-2-1-3-12(22)8-11;17-10-5-7-11(8-6-10)23-14-9-19-16(18)21-15(14)20-12-3-1-2-4-13(12)22/h4-7,9,11H,1-3,8H2,(H3,18,19,20,21);5-9,12-13,22H,1-4H2,(H3,18,19,20,21)/t;12-,13+/m.1/s1. The molecule has 2 aliphatic rings. The van der Waals surface area contributed by atoms with Gasteiger partial charge < -0.3 is 36.7 Å². The number of aromatic nitrogens is 4. The number of nitrogens with zero attached hydrogens (tertiary/aromatic N) is 4. The van der Waals surface area contributed by atoms with E-state index in [1.54, 1.807) is 48.5 Å². The predicted molar refractivity (Wildman–Crippen MR) is 179 cm³/mol. The lowest BCUT2D eigenvalue weighted by molar-refractivity contribution is -0.120. The highest BCUT2D eigenvalue weighted by molar-refractivity contribution is 6.30. The zero-order valence-electron chi connectivity index (χ0n) is 25.0. The van der Waals surface area contributed by atoms with Gasteiger partial charge in [-0.1, -0.05) is 36.0 Å². The highest BCUT2D eigenvalue weighted by Gasteiger charge is 2.25. The summed E-state index contributed by atoms with van der Waals surface area (Å²) in [5.74, 6) is 3.69. The number of aliphatic hydroxyl groups excluding tert-OH is 1. The first kappa shape index (κ1) is 33.0. The minimum absolute atomic E-state index is 0.0399. The van der Waals surface area contributed by atoms with Crippen molar-refractivity contribution in [3.05, 3.63) is 71.0 Å². The molecular weight excluding hydrogens is 631 g/mol. The van der Waals surface area contributed by atoms with E-state index in [0.29, 0.717) is 57.5 Å². The van der Waals surface area contributed by atoms with Crippen LogP contribution in [0.4, 0.5) is 23.5 Å². The molecule has 3 atom stereocenters. The van der Waals surface area contributed by atoms with Crippen LogP contribution in [0.3, 0.4) is 0 Å². The van der Waals surface area contributed by atoms with Gasteiger partial charge >= 0.3 is 0 Å². The van der Waals surface area contributed by atoms with E-state index in [2.05, 4.69) is 30.6 Å². The summed E-state index contributed by atoms with van der Waals surface area (Å²) in [6, 6.07) is 14.0. The number of aliphatic hydroxyl groups is 1. The average molecular weight is 668 g/mol. The second kappa shape index (κ2) is 15.7. The molecule has 0 bridgehead atoms. The number of nitrogens with one attached hydrogen (secondary N) is 2. The number of nitrogens with two attached hydrogens (primary N) is 2. The fourth-order valence-electron chi connectivity index (χ4n) is 5.18. The number of nitrogen functional groups attached to an aromatic ring is 2. The normalized spacial score (nSPS) is 19.4. The van der Waals surface area contributed by atoms with Gasteiger partial charge in [-0.2, -0.15) is 9.97 Å². The summed E-state index contributed by atoms with van der Waals surface area (Å²) in [7, 11) is 0. The lowest BCUT2D eigenvalue weighted by Gasteiger charge is -2.29. The van der Waals surface area contributed by atoms with E-state index in [-0.39, 0.29) is 29.8 Å². The Labute approximate surface area is 276 Å². The quantitative estimate of drug-likeness (QED) is 0.135. The van der Waals surface area contributed by atoms with Crippen molar-refractivity contribution >= 4 is 52.5 Å². The lowest BCUT2D eigenvalue weighted by atomic mass is 9.92. The van der Waals surface area contributed by atoms with Gasteiger partial charge in [-0.25, -0.2) is 9.97 Å². The summed E-state index contributed by atoms with van der Waals surface area (Å²) in [6.07, 6.45) is 9.35. The molecule has 2 aromatic heterocycles. The molecule has 2 heterocycles. The first-order valence-electron chi connectivity index (χ1n) is 15.1. The molecule has 2 saturated carbocycles. The number of hydrogen-bond acceptors (Lipinski definition) is 12. The topological polar surface area (TPSA) is 183 Å². The van der Waals surface area contributed by atoms with E-state index in [1.807, 2.05) is 0 Å². The van der Waals surface area contributed by atoms with E-state index in [1.165, 1.54) is 12.4 Å². The molecule has 1 unspecified atom stereocenters. The van der Waals surface area contributed by atoms with Gasteiger partial charge in [-0.05, 0) is 74.2 Å². The van der Waals surface area contributed by atoms with Crippen molar-refractivity contribution in [3.8, 4) is 23.0 Å². The van der Waals surface area contributed by atoms with Crippen LogP contribution in [-0.2, 0) is 4.79 Å².